The largest absolute Gasteiger partial charge is 0.393 e. The summed E-state index contributed by atoms with van der Waals surface area (Å²) in [6.45, 7) is 6.57. The molecule has 3 heteroatoms. The molecule has 4 aliphatic carbocycles. The topological polar surface area (TPSA) is 60.7 Å². The first-order chi connectivity index (χ1) is 10.7. The molecule has 0 bridgehead atoms. The fraction of sp³-hybridized carbons (Fsp3) is 1.00. The summed E-state index contributed by atoms with van der Waals surface area (Å²) in [5.74, 6) is 2.49. The normalized spacial score (nSPS) is 62.3. The van der Waals surface area contributed by atoms with Crippen molar-refractivity contribution in [3.05, 3.63) is 0 Å². The summed E-state index contributed by atoms with van der Waals surface area (Å²) in [6.07, 6.45) is 7.87. The van der Waals surface area contributed by atoms with Crippen LogP contribution in [0, 0.1) is 34.5 Å². The minimum Gasteiger partial charge on any atom is -0.393 e. The second kappa shape index (κ2) is 4.95. The summed E-state index contributed by atoms with van der Waals surface area (Å²) in [4.78, 5) is 0. The first-order valence-corrected chi connectivity index (χ1v) is 9.78. The summed E-state index contributed by atoms with van der Waals surface area (Å²) >= 11 is 0. The van der Waals surface area contributed by atoms with E-state index < -0.39 is 11.7 Å². The zero-order valence-corrected chi connectivity index (χ0v) is 15.0. The van der Waals surface area contributed by atoms with Crippen molar-refractivity contribution in [3.63, 3.8) is 0 Å². The number of fused-ring (bicyclic) bond motifs is 5. The third-order valence-electron chi connectivity index (χ3n) is 9.31. The van der Waals surface area contributed by atoms with E-state index in [1.807, 2.05) is 6.92 Å². The highest BCUT2D eigenvalue weighted by molar-refractivity contribution is 5.15. The van der Waals surface area contributed by atoms with Crippen LogP contribution >= 0.6 is 0 Å². The molecule has 0 aliphatic heterocycles. The van der Waals surface area contributed by atoms with Crippen LogP contribution in [0.4, 0.5) is 0 Å². The molecule has 132 valence electrons. The number of rotatable bonds is 0. The van der Waals surface area contributed by atoms with Crippen LogP contribution in [0.1, 0.15) is 72.1 Å². The summed E-state index contributed by atoms with van der Waals surface area (Å²) in [6, 6.07) is 0. The van der Waals surface area contributed by atoms with Gasteiger partial charge in [0.05, 0.1) is 17.8 Å². The zero-order valence-electron chi connectivity index (χ0n) is 15.0. The lowest BCUT2D eigenvalue weighted by Crippen LogP contribution is -2.57. The minimum atomic E-state index is -0.941. The van der Waals surface area contributed by atoms with Crippen molar-refractivity contribution in [1.29, 1.82) is 0 Å². The van der Waals surface area contributed by atoms with E-state index in [1.54, 1.807) is 0 Å². The highest BCUT2D eigenvalue weighted by Gasteiger charge is 2.66. The molecule has 3 N–H and O–H groups in total. The summed E-state index contributed by atoms with van der Waals surface area (Å²) in [5, 5.41) is 31.5. The van der Waals surface area contributed by atoms with Gasteiger partial charge in [-0.25, -0.2) is 0 Å². The van der Waals surface area contributed by atoms with E-state index in [-0.39, 0.29) is 11.5 Å². The fourth-order valence-corrected chi connectivity index (χ4v) is 7.47. The lowest BCUT2D eigenvalue weighted by Gasteiger charge is -2.61. The maximum atomic E-state index is 11.0. The molecule has 0 heterocycles. The van der Waals surface area contributed by atoms with Gasteiger partial charge in [0, 0.05) is 5.41 Å². The predicted octanol–water partition coefficient (Wildman–Crippen LogP) is 3.11. The van der Waals surface area contributed by atoms with Crippen molar-refractivity contribution in [3.8, 4) is 0 Å². The van der Waals surface area contributed by atoms with E-state index in [0.717, 1.165) is 32.1 Å². The van der Waals surface area contributed by atoms with Gasteiger partial charge >= 0.3 is 0 Å². The summed E-state index contributed by atoms with van der Waals surface area (Å²) < 4.78 is 0. The van der Waals surface area contributed by atoms with Gasteiger partial charge in [-0.05, 0) is 87.4 Å². The van der Waals surface area contributed by atoms with Crippen LogP contribution in [0.25, 0.3) is 0 Å². The molecule has 23 heavy (non-hydrogen) atoms. The molecule has 9 atom stereocenters. The van der Waals surface area contributed by atoms with Crippen LogP contribution in [0.5, 0.6) is 0 Å². The highest BCUT2D eigenvalue weighted by atomic mass is 16.3. The van der Waals surface area contributed by atoms with Crippen molar-refractivity contribution in [2.24, 2.45) is 34.5 Å². The first-order valence-electron chi connectivity index (χ1n) is 9.78. The third-order valence-corrected chi connectivity index (χ3v) is 9.31. The van der Waals surface area contributed by atoms with Gasteiger partial charge in [-0.3, -0.25) is 0 Å². The maximum absolute atomic E-state index is 11.0. The predicted molar refractivity (Wildman–Crippen MR) is 89.7 cm³/mol. The van der Waals surface area contributed by atoms with Crippen molar-refractivity contribution in [1.82, 2.24) is 0 Å². The molecule has 4 rings (SSSR count). The van der Waals surface area contributed by atoms with Crippen LogP contribution in [0.15, 0.2) is 0 Å². The summed E-state index contributed by atoms with van der Waals surface area (Å²) in [7, 11) is 0. The quantitative estimate of drug-likeness (QED) is 0.642. The van der Waals surface area contributed by atoms with Crippen molar-refractivity contribution >= 4 is 0 Å². The Labute approximate surface area is 140 Å². The molecule has 4 fully saturated rings. The SMILES string of the molecule is C[C@]12CC[C@@H](O)C[C@H]1CC[C@@H]1[C@@H]2CC[C@@]2(C)[C@H]1C[C@@H](O)[C@]2(C)O. The molecule has 0 aromatic carbocycles. The number of aliphatic hydroxyl groups excluding tert-OH is 2. The fourth-order valence-electron chi connectivity index (χ4n) is 7.47. The molecular formula is C20H34O3. The zero-order chi connectivity index (χ0) is 16.6. The number of hydrogen-bond donors (Lipinski definition) is 3. The molecular weight excluding hydrogens is 288 g/mol. The Bertz CT molecular complexity index is 489. The molecule has 0 amide bonds. The average Bonchev–Trinajstić information content (AvgIpc) is 2.67. The van der Waals surface area contributed by atoms with Crippen molar-refractivity contribution in [2.45, 2.75) is 89.9 Å². The highest BCUT2D eigenvalue weighted by Crippen LogP contribution is 2.68. The molecule has 4 aliphatic rings. The van der Waals surface area contributed by atoms with E-state index >= 15 is 0 Å². The number of hydrogen-bond acceptors (Lipinski definition) is 3. The van der Waals surface area contributed by atoms with Crippen LogP contribution in [0.2, 0.25) is 0 Å². The molecule has 0 spiro atoms. The Morgan fingerprint density at radius 2 is 1.57 bits per heavy atom. The molecule has 4 saturated carbocycles. The Morgan fingerprint density at radius 1 is 0.826 bits per heavy atom. The van der Waals surface area contributed by atoms with Crippen molar-refractivity contribution in [2.75, 3.05) is 0 Å². The standard InChI is InChI=1S/C20H34O3/c1-18-8-6-13(21)10-12(18)4-5-14-15(18)7-9-19(2)16(14)11-17(22)20(19,3)23/h12-17,21-23H,4-11H2,1-3H3/t12-,13-,14-,15+,16+,17-,18+,19+,20+/m1/s1. The Balaban J connectivity index is 1.65. The van der Waals surface area contributed by atoms with Crippen LogP contribution in [-0.2, 0) is 0 Å². The molecule has 0 radical (unpaired) electrons. The second-order valence-corrected chi connectivity index (χ2v) is 9.94. The van der Waals surface area contributed by atoms with E-state index in [2.05, 4.69) is 13.8 Å². The van der Waals surface area contributed by atoms with E-state index in [4.69, 9.17) is 0 Å². The molecule has 3 nitrogen and oxygen atoms in total. The molecule has 0 unspecified atom stereocenters. The summed E-state index contributed by atoms with van der Waals surface area (Å²) in [5.41, 5.74) is -0.711. The molecule has 0 aromatic rings. The van der Waals surface area contributed by atoms with Gasteiger partial charge in [0.1, 0.15) is 0 Å². The molecule has 0 aromatic heterocycles. The van der Waals surface area contributed by atoms with E-state index in [0.29, 0.717) is 29.1 Å². The second-order valence-electron chi connectivity index (χ2n) is 9.94. The van der Waals surface area contributed by atoms with Crippen LogP contribution < -0.4 is 0 Å². The third kappa shape index (κ3) is 1.99. The minimum absolute atomic E-state index is 0.0903. The van der Waals surface area contributed by atoms with Gasteiger partial charge in [0.2, 0.25) is 0 Å². The van der Waals surface area contributed by atoms with Gasteiger partial charge in [-0.15, -0.1) is 0 Å². The van der Waals surface area contributed by atoms with E-state index in [9.17, 15) is 15.3 Å². The van der Waals surface area contributed by atoms with Crippen molar-refractivity contribution < 1.29 is 15.3 Å². The van der Waals surface area contributed by atoms with Gasteiger partial charge in [0.15, 0.2) is 0 Å². The van der Waals surface area contributed by atoms with Gasteiger partial charge in [-0.2, -0.15) is 0 Å². The number of aliphatic hydroxyl groups is 3. The Kier molecular flexibility index (Phi) is 3.52. The van der Waals surface area contributed by atoms with Gasteiger partial charge in [0.25, 0.3) is 0 Å². The van der Waals surface area contributed by atoms with Gasteiger partial charge < -0.3 is 15.3 Å². The van der Waals surface area contributed by atoms with E-state index in [1.165, 1.54) is 19.3 Å². The smallest absolute Gasteiger partial charge is 0.0933 e. The monoisotopic (exact) mass is 322 g/mol. The lowest BCUT2D eigenvalue weighted by molar-refractivity contribution is -0.164. The lowest BCUT2D eigenvalue weighted by atomic mass is 9.44. The Morgan fingerprint density at radius 3 is 2.30 bits per heavy atom. The van der Waals surface area contributed by atoms with Gasteiger partial charge in [-0.1, -0.05) is 13.8 Å². The Hall–Kier alpha value is -0.120. The van der Waals surface area contributed by atoms with Crippen LogP contribution in [0.3, 0.4) is 0 Å². The first kappa shape index (κ1) is 16.4. The van der Waals surface area contributed by atoms with Crippen LogP contribution in [-0.4, -0.2) is 33.1 Å². The maximum Gasteiger partial charge on any atom is 0.0933 e. The average molecular weight is 322 g/mol. The molecule has 0 saturated heterocycles.